The van der Waals surface area contributed by atoms with Gasteiger partial charge in [-0.05, 0) is 36.8 Å². The number of carbonyl (C=O) groups is 2. The molecule has 3 rings (SSSR count). The third-order valence-corrected chi connectivity index (χ3v) is 3.50. The second kappa shape index (κ2) is 6.64. The molecule has 0 unspecified atom stereocenters. The van der Waals surface area contributed by atoms with Gasteiger partial charge in [0.25, 0.3) is 0 Å². The van der Waals surface area contributed by atoms with Crippen molar-refractivity contribution in [2.75, 3.05) is 13.7 Å². The lowest BCUT2D eigenvalue weighted by Gasteiger charge is -2.09. The minimum atomic E-state index is -0.518. The molecule has 1 aromatic heterocycles. The summed E-state index contributed by atoms with van der Waals surface area (Å²) in [6.45, 7) is 1.58. The van der Waals surface area contributed by atoms with Gasteiger partial charge in [-0.15, -0.1) is 0 Å². The smallest absolute Gasteiger partial charge is 0.337 e. The highest BCUT2D eigenvalue weighted by molar-refractivity contribution is 6.15. The first kappa shape index (κ1) is 15.9. The number of benzene rings is 1. The van der Waals surface area contributed by atoms with Crippen LogP contribution in [0.15, 0.2) is 42.4 Å². The lowest BCUT2D eigenvalue weighted by Crippen LogP contribution is -2.14. The quantitative estimate of drug-likeness (QED) is 0.488. The maximum Gasteiger partial charge on any atom is 0.337 e. The van der Waals surface area contributed by atoms with Crippen molar-refractivity contribution < 1.29 is 23.8 Å². The molecule has 0 bridgehead atoms. The molecule has 0 saturated carbocycles. The number of esters is 1. The third kappa shape index (κ3) is 3.04. The predicted molar refractivity (Wildman–Crippen MR) is 85.9 cm³/mol. The van der Waals surface area contributed by atoms with Crippen LogP contribution in [0.3, 0.4) is 0 Å². The fourth-order valence-corrected chi connectivity index (χ4v) is 2.36. The molecular weight excluding hydrogens is 310 g/mol. The number of allylic oxidation sites excluding steroid dienone is 1. The van der Waals surface area contributed by atoms with Crippen molar-refractivity contribution in [3.8, 4) is 11.5 Å². The van der Waals surface area contributed by atoms with E-state index in [1.54, 1.807) is 43.6 Å². The van der Waals surface area contributed by atoms with Crippen molar-refractivity contribution in [3.63, 3.8) is 0 Å². The highest BCUT2D eigenvalue weighted by atomic mass is 16.6. The maximum atomic E-state index is 12.4. The summed E-state index contributed by atoms with van der Waals surface area (Å²) < 4.78 is 15.6. The van der Waals surface area contributed by atoms with Gasteiger partial charge in [-0.25, -0.2) is 4.79 Å². The van der Waals surface area contributed by atoms with Crippen LogP contribution in [0.2, 0.25) is 0 Å². The zero-order chi connectivity index (χ0) is 17.1. The molecule has 2 heterocycles. The zero-order valence-electron chi connectivity index (χ0n) is 13.2. The number of pyridine rings is 1. The van der Waals surface area contributed by atoms with E-state index < -0.39 is 5.97 Å². The fraction of sp³-hybridized carbons (Fsp3) is 0.167. The van der Waals surface area contributed by atoms with Crippen LogP contribution in [0, 0.1) is 6.92 Å². The number of hydrogen-bond donors (Lipinski definition) is 0. The second-order valence-electron chi connectivity index (χ2n) is 5.20. The van der Waals surface area contributed by atoms with Crippen molar-refractivity contribution in [2.24, 2.45) is 0 Å². The number of ether oxygens (including phenoxy) is 3. The summed E-state index contributed by atoms with van der Waals surface area (Å²) in [5, 5.41) is 0. The first-order valence-corrected chi connectivity index (χ1v) is 7.27. The summed E-state index contributed by atoms with van der Waals surface area (Å²) >= 11 is 0. The van der Waals surface area contributed by atoms with Gasteiger partial charge in [0, 0.05) is 25.1 Å². The van der Waals surface area contributed by atoms with E-state index in [0.717, 1.165) is 5.56 Å². The molecule has 0 aliphatic carbocycles. The topological polar surface area (TPSA) is 74.7 Å². The number of rotatable bonds is 4. The van der Waals surface area contributed by atoms with Gasteiger partial charge in [0.1, 0.15) is 18.1 Å². The standard InChI is InChI=1S/C18H15NO5/c1-11-14(23-16(20)10-22-2)6-5-13-17(21)15(24-18(11)13)8-12-4-3-7-19-9-12/h3-9H,10H2,1-2H3/b15-8-. The van der Waals surface area contributed by atoms with Crippen LogP contribution >= 0.6 is 0 Å². The normalized spacial score (nSPS) is 14.4. The van der Waals surface area contributed by atoms with E-state index in [2.05, 4.69) is 4.98 Å². The lowest BCUT2D eigenvalue weighted by molar-refractivity contribution is -0.138. The number of methoxy groups -OCH3 is 1. The Morgan fingerprint density at radius 1 is 1.33 bits per heavy atom. The van der Waals surface area contributed by atoms with Crippen LogP contribution in [-0.4, -0.2) is 30.5 Å². The largest absolute Gasteiger partial charge is 0.452 e. The zero-order valence-corrected chi connectivity index (χ0v) is 13.2. The Bertz CT molecular complexity index is 827. The lowest BCUT2D eigenvalue weighted by atomic mass is 10.1. The van der Waals surface area contributed by atoms with E-state index in [1.807, 2.05) is 6.07 Å². The van der Waals surface area contributed by atoms with Crippen LogP contribution in [0.5, 0.6) is 11.5 Å². The van der Waals surface area contributed by atoms with Gasteiger partial charge < -0.3 is 14.2 Å². The highest BCUT2D eigenvalue weighted by Crippen LogP contribution is 2.39. The van der Waals surface area contributed by atoms with Crippen molar-refractivity contribution in [3.05, 3.63) is 59.1 Å². The summed E-state index contributed by atoms with van der Waals surface area (Å²) in [7, 11) is 1.41. The summed E-state index contributed by atoms with van der Waals surface area (Å²) in [4.78, 5) is 28.0. The third-order valence-electron chi connectivity index (χ3n) is 3.50. The number of aromatic nitrogens is 1. The first-order valence-electron chi connectivity index (χ1n) is 7.27. The molecule has 0 spiro atoms. The molecule has 0 radical (unpaired) electrons. The fourth-order valence-electron chi connectivity index (χ4n) is 2.36. The Labute approximate surface area is 138 Å². The van der Waals surface area contributed by atoms with E-state index in [0.29, 0.717) is 22.6 Å². The Morgan fingerprint density at radius 2 is 2.17 bits per heavy atom. The summed E-state index contributed by atoms with van der Waals surface area (Å²) in [6.07, 6.45) is 4.92. The average molecular weight is 325 g/mol. The number of ketones is 1. The second-order valence-corrected chi connectivity index (χ2v) is 5.20. The number of nitrogens with zero attached hydrogens (tertiary/aromatic N) is 1. The Kier molecular flexibility index (Phi) is 4.39. The average Bonchev–Trinajstić information content (AvgIpc) is 2.89. The van der Waals surface area contributed by atoms with Crippen molar-refractivity contribution >= 4 is 17.8 Å². The minimum absolute atomic E-state index is 0.150. The summed E-state index contributed by atoms with van der Waals surface area (Å²) in [5.41, 5.74) is 1.78. The number of fused-ring (bicyclic) bond motifs is 1. The Balaban J connectivity index is 1.90. The molecule has 0 fully saturated rings. The molecule has 1 aliphatic rings. The van der Waals surface area contributed by atoms with E-state index in [4.69, 9.17) is 14.2 Å². The molecule has 6 nitrogen and oxygen atoms in total. The molecular formula is C18H15NO5. The van der Waals surface area contributed by atoms with Crippen LogP contribution in [0.25, 0.3) is 6.08 Å². The molecule has 0 atom stereocenters. The molecule has 6 heteroatoms. The summed E-state index contributed by atoms with van der Waals surface area (Å²) in [6, 6.07) is 6.77. The van der Waals surface area contributed by atoms with Crippen LogP contribution in [-0.2, 0) is 9.53 Å². The van der Waals surface area contributed by atoms with Gasteiger partial charge in [0.05, 0.1) is 5.56 Å². The SMILES string of the molecule is COCC(=O)Oc1ccc2c(c1C)O/C(=C\c1cccnc1)C2=O. The summed E-state index contributed by atoms with van der Waals surface area (Å²) in [5.74, 6) is 0.216. The van der Waals surface area contributed by atoms with E-state index in [-0.39, 0.29) is 18.1 Å². The van der Waals surface area contributed by atoms with E-state index in [1.165, 1.54) is 7.11 Å². The van der Waals surface area contributed by atoms with Crippen LogP contribution in [0.4, 0.5) is 0 Å². The van der Waals surface area contributed by atoms with Crippen LogP contribution < -0.4 is 9.47 Å². The minimum Gasteiger partial charge on any atom is -0.452 e. The van der Waals surface area contributed by atoms with Gasteiger partial charge in [0.2, 0.25) is 5.78 Å². The van der Waals surface area contributed by atoms with Gasteiger partial charge in [-0.1, -0.05) is 6.07 Å². The highest BCUT2D eigenvalue weighted by Gasteiger charge is 2.30. The first-order chi connectivity index (χ1) is 11.6. The molecule has 0 N–H and O–H groups in total. The Morgan fingerprint density at radius 3 is 2.88 bits per heavy atom. The number of carbonyl (C=O) groups excluding carboxylic acids is 2. The molecule has 0 amide bonds. The number of hydrogen-bond acceptors (Lipinski definition) is 6. The van der Waals surface area contributed by atoms with Crippen molar-refractivity contribution in [1.29, 1.82) is 0 Å². The number of Topliss-reactive ketones (excluding diaryl/α,β-unsaturated/α-hetero) is 1. The van der Waals surface area contributed by atoms with Crippen LogP contribution in [0.1, 0.15) is 21.5 Å². The van der Waals surface area contributed by atoms with Gasteiger partial charge in [-0.3, -0.25) is 9.78 Å². The monoisotopic (exact) mass is 325 g/mol. The molecule has 122 valence electrons. The van der Waals surface area contributed by atoms with Crippen molar-refractivity contribution in [2.45, 2.75) is 6.92 Å². The van der Waals surface area contributed by atoms with E-state index >= 15 is 0 Å². The molecule has 24 heavy (non-hydrogen) atoms. The predicted octanol–water partition coefficient (Wildman–Crippen LogP) is 2.56. The van der Waals surface area contributed by atoms with Gasteiger partial charge in [-0.2, -0.15) is 0 Å². The molecule has 1 aromatic carbocycles. The van der Waals surface area contributed by atoms with Crippen molar-refractivity contribution in [1.82, 2.24) is 4.98 Å². The maximum absolute atomic E-state index is 12.4. The Hall–Kier alpha value is -2.99. The van der Waals surface area contributed by atoms with Gasteiger partial charge >= 0.3 is 5.97 Å². The molecule has 1 aliphatic heterocycles. The van der Waals surface area contributed by atoms with E-state index in [9.17, 15) is 9.59 Å². The molecule has 2 aromatic rings. The van der Waals surface area contributed by atoms with Gasteiger partial charge in [0.15, 0.2) is 5.76 Å². The molecule has 0 saturated heterocycles.